The molecule has 1 saturated heterocycles. The molecular weight excluding hydrogens is 274 g/mol. The van der Waals surface area contributed by atoms with E-state index in [2.05, 4.69) is 5.32 Å². The van der Waals surface area contributed by atoms with Crippen molar-refractivity contribution in [1.82, 2.24) is 4.90 Å². The largest absolute Gasteiger partial charge is 0.381 e. The molecule has 2 atom stereocenters. The Morgan fingerprint density at radius 2 is 1.76 bits per heavy atom. The number of halogens is 2. The molecule has 116 valence electrons. The van der Waals surface area contributed by atoms with Gasteiger partial charge in [-0.2, -0.15) is 0 Å². The van der Waals surface area contributed by atoms with Crippen LogP contribution in [0.1, 0.15) is 50.4 Å². The summed E-state index contributed by atoms with van der Waals surface area (Å²) in [6.07, 6.45) is 2.93. The van der Waals surface area contributed by atoms with E-state index < -0.39 is 11.6 Å². The minimum absolute atomic E-state index is 0.0762. The Bertz CT molecular complexity index is 500. The third kappa shape index (κ3) is 3.17. The number of carbonyl (C=O) groups is 1. The normalized spacial score (nSPS) is 22.2. The first-order chi connectivity index (χ1) is 9.95. The van der Waals surface area contributed by atoms with Crippen LogP contribution in [0.4, 0.5) is 14.5 Å². The molecule has 0 saturated carbocycles. The van der Waals surface area contributed by atoms with Crippen molar-refractivity contribution < 1.29 is 13.6 Å². The number of anilines is 1. The topological polar surface area (TPSA) is 32.3 Å². The van der Waals surface area contributed by atoms with Crippen LogP contribution in [-0.2, 0) is 0 Å². The van der Waals surface area contributed by atoms with Crippen molar-refractivity contribution in [3.8, 4) is 0 Å². The highest BCUT2D eigenvalue weighted by atomic mass is 19.1. The third-order valence-electron chi connectivity index (χ3n) is 4.07. The Morgan fingerprint density at radius 1 is 1.24 bits per heavy atom. The zero-order valence-electron chi connectivity index (χ0n) is 12.7. The Hall–Kier alpha value is -1.65. The molecule has 1 fully saturated rings. The van der Waals surface area contributed by atoms with Gasteiger partial charge in [0.25, 0.3) is 5.91 Å². The van der Waals surface area contributed by atoms with Crippen LogP contribution in [0.3, 0.4) is 0 Å². The van der Waals surface area contributed by atoms with Crippen molar-refractivity contribution in [2.24, 2.45) is 0 Å². The highest BCUT2D eigenvalue weighted by Gasteiger charge is 2.30. The monoisotopic (exact) mass is 296 g/mol. The van der Waals surface area contributed by atoms with E-state index in [1.54, 1.807) is 11.8 Å². The van der Waals surface area contributed by atoms with Gasteiger partial charge in [0.1, 0.15) is 17.3 Å². The lowest BCUT2D eigenvalue weighted by Gasteiger charge is -2.39. The summed E-state index contributed by atoms with van der Waals surface area (Å²) in [5.74, 6) is -1.74. The Kier molecular flexibility index (Phi) is 4.80. The zero-order chi connectivity index (χ0) is 15.6. The summed E-state index contributed by atoms with van der Waals surface area (Å²) in [4.78, 5) is 14.3. The fourth-order valence-corrected chi connectivity index (χ4v) is 3.01. The molecule has 2 rings (SSSR count). The SMILES string of the molecule is CCNc1c(F)cc(C(=O)N2[C@H](C)CCC[C@@H]2C)cc1F. The van der Waals surface area contributed by atoms with Crippen LogP contribution in [0.2, 0.25) is 0 Å². The van der Waals surface area contributed by atoms with Gasteiger partial charge in [-0.15, -0.1) is 0 Å². The predicted octanol–water partition coefficient (Wildman–Crippen LogP) is 3.80. The number of likely N-dealkylation sites (tertiary alicyclic amines) is 1. The summed E-state index contributed by atoms with van der Waals surface area (Å²) in [5, 5.41) is 2.63. The maximum Gasteiger partial charge on any atom is 0.254 e. The lowest BCUT2D eigenvalue weighted by atomic mass is 9.96. The van der Waals surface area contributed by atoms with Crippen LogP contribution in [-0.4, -0.2) is 29.4 Å². The number of nitrogens with zero attached hydrogens (tertiary/aromatic N) is 1. The molecule has 0 unspecified atom stereocenters. The van der Waals surface area contributed by atoms with Gasteiger partial charge in [0.05, 0.1) is 0 Å². The van der Waals surface area contributed by atoms with Gasteiger partial charge < -0.3 is 10.2 Å². The van der Waals surface area contributed by atoms with E-state index in [0.29, 0.717) is 6.54 Å². The van der Waals surface area contributed by atoms with Gasteiger partial charge in [-0.05, 0) is 52.2 Å². The molecule has 1 aromatic carbocycles. The standard InChI is InChI=1S/C16H22F2N2O/c1-4-19-15-13(17)8-12(9-14(15)18)16(21)20-10(2)6-5-7-11(20)3/h8-11,19H,4-7H2,1-3H3/t10-,11+. The summed E-state index contributed by atoms with van der Waals surface area (Å²) < 4.78 is 27.9. The van der Waals surface area contributed by atoms with Crippen LogP contribution >= 0.6 is 0 Å². The molecular formula is C16H22F2N2O. The van der Waals surface area contributed by atoms with E-state index in [9.17, 15) is 13.6 Å². The van der Waals surface area contributed by atoms with E-state index in [-0.39, 0.29) is 29.2 Å². The fraction of sp³-hybridized carbons (Fsp3) is 0.562. The van der Waals surface area contributed by atoms with E-state index in [1.807, 2.05) is 13.8 Å². The van der Waals surface area contributed by atoms with Crippen molar-refractivity contribution in [2.45, 2.75) is 52.1 Å². The van der Waals surface area contributed by atoms with Gasteiger partial charge in [-0.1, -0.05) is 0 Å². The highest BCUT2D eigenvalue weighted by molar-refractivity contribution is 5.95. The minimum Gasteiger partial charge on any atom is -0.381 e. The fourth-order valence-electron chi connectivity index (χ4n) is 3.01. The second-order valence-corrected chi connectivity index (χ2v) is 5.69. The number of piperidine rings is 1. The molecule has 0 aromatic heterocycles. The molecule has 21 heavy (non-hydrogen) atoms. The number of hydrogen-bond donors (Lipinski definition) is 1. The predicted molar refractivity (Wildman–Crippen MR) is 79.5 cm³/mol. The summed E-state index contributed by atoms with van der Waals surface area (Å²) in [7, 11) is 0. The van der Waals surface area contributed by atoms with Crippen LogP contribution in [0.5, 0.6) is 0 Å². The van der Waals surface area contributed by atoms with Crippen LogP contribution < -0.4 is 5.32 Å². The quantitative estimate of drug-likeness (QED) is 0.920. The molecule has 0 spiro atoms. The average molecular weight is 296 g/mol. The molecule has 1 amide bonds. The first-order valence-electron chi connectivity index (χ1n) is 7.51. The van der Waals surface area contributed by atoms with Gasteiger partial charge in [-0.25, -0.2) is 8.78 Å². The van der Waals surface area contributed by atoms with Gasteiger partial charge in [0.15, 0.2) is 0 Å². The third-order valence-corrected chi connectivity index (χ3v) is 4.07. The van der Waals surface area contributed by atoms with Crippen molar-refractivity contribution >= 4 is 11.6 Å². The second-order valence-electron chi connectivity index (χ2n) is 5.69. The number of carbonyl (C=O) groups excluding carboxylic acids is 1. The molecule has 1 heterocycles. The minimum atomic E-state index is -0.725. The maximum absolute atomic E-state index is 13.9. The lowest BCUT2D eigenvalue weighted by molar-refractivity contribution is 0.0510. The highest BCUT2D eigenvalue weighted by Crippen LogP contribution is 2.27. The van der Waals surface area contributed by atoms with E-state index in [4.69, 9.17) is 0 Å². The summed E-state index contributed by atoms with van der Waals surface area (Å²) in [5.41, 5.74) is -0.0963. The van der Waals surface area contributed by atoms with Crippen molar-refractivity contribution in [3.63, 3.8) is 0 Å². The van der Waals surface area contributed by atoms with E-state index >= 15 is 0 Å². The van der Waals surface area contributed by atoms with Gasteiger partial charge in [0, 0.05) is 24.2 Å². The van der Waals surface area contributed by atoms with Crippen LogP contribution in [0, 0.1) is 11.6 Å². The van der Waals surface area contributed by atoms with Crippen molar-refractivity contribution in [3.05, 3.63) is 29.3 Å². The molecule has 3 nitrogen and oxygen atoms in total. The van der Waals surface area contributed by atoms with Crippen molar-refractivity contribution in [2.75, 3.05) is 11.9 Å². The van der Waals surface area contributed by atoms with Gasteiger partial charge >= 0.3 is 0 Å². The van der Waals surface area contributed by atoms with E-state index in [1.165, 1.54) is 0 Å². The number of rotatable bonds is 3. The molecule has 1 aliphatic heterocycles. The van der Waals surface area contributed by atoms with E-state index in [0.717, 1.165) is 31.4 Å². The summed E-state index contributed by atoms with van der Waals surface area (Å²) in [6.45, 7) is 6.14. The van der Waals surface area contributed by atoms with Gasteiger partial charge in [-0.3, -0.25) is 4.79 Å². The number of hydrogen-bond acceptors (Lipinski definition) is 2. The molecule has 0 radical (unpaired) electrons. The Labute approximate surface area is 124 Å². The van der Waals surface area contributed by atoms with Crippen LogP contribution in [0.25, 0.3) is 0 Å². The van der Waals surface area contributed by atoms with Crippen molar-refractivity contribution in [1.29, 1.82) is 0 Å². The second kappa shape index (κ2) is 6.41. The molecule has 5 heteroatoms. The number of nitrogens with one attached hydrogen (secondary N) is 1. The number of benzene rings is 1. The zero-order valence-corrected chi connectivity index (χ0v) is 12.7. The summed E-state index contributed by atoms with van der Waals surface area (Å²) in [6, 6.07) is 2.44. The van der Waals surface area contributed by atoms with Crippen LogP contribution in [0.15, 0.2) is 12.1 Å². The smallest absolute Gasteiger partial charge is 0.254 e. The Balaban J connectivity index is 2.31. The maximum atomic E-state index is 13.9. The first kappa shape index (κ1) is 15.7. The molecule has 1 aromatic rings. The summed E-state index contributed by atoms with van der Waals surface area (Å²) >= 11 is 0. The first-order valence-corrected chi connectivity index (χ1v) is 7.51. The molecule has 1 aliphatic rings. The molecule has 0 bridgehead atoms. The molecule has 1 N–H and O–H groups in total. The lowest BCUT2D eigenvalue weighted by Crippen LogP contribution is -2.47. The average Bonchev–Trinajstić information content (AvgIpc) is 2.42. The Morgan fingerprint density at radius 3 is 2.24 bits per heavy atom. The number of amides is 1. The molecule has 0 aliphatic carbocycles. The van der Waals surface area contributed by atoms with Gasteiger partial charge in [0.2, 0.25) is 0 Å².